The average molecular weight is 382 g/mol. The van der Waals surface area contributed by atoms with Gasteiger partial charge in [-0.05, 0) is 30.7 Å². The molecule has 1 amide bonds. The van der Waals surface area contributed by atoms with Crippen LogP contribution in [0.3, 0.4) is 0 Å². The van der Waals surface area contributed by atoms with E-state index in [9.17, 15) is 13.2 Å². The lowest BCUT2D eigenvalue weighted by atomic mass is 10.3. The second-order valence-electron chi connectivity index (χ2n) is 3.65. The first kappa shape index (κ1) is 15.4. The van der Waals surface area contributed by atoms with Crippen LogP contribution in [0.4, 0.5) is 5.69 Å². The van der Waals surface area contributed by atoms with E-state index in [4.69, 9.17) is 0 Å². The van der Waals surface area contributed by atoms with E-state index < -0.39 is 10.0 Å². The highest BCUT2D eigenvalue weighted by Crippen LogP contribution is 2.13. The van der Waals surface area contributed by atoms with Crippen LogP contribution in [0, 0.1) is 0 Å². The summed E-state index contributed by atoms with van der Waals surface area (Å²) < 4.78 is 27.1. The zero-order chi connectivity index (χ0) is 13.6. The third kappa shape index (κ3) is 4.91. The molecule has 0 unspecified atom stereocenters. The summed E-state index contributed by atoms with van der Waals surface area (Å²) >= 11 is 2.19. The van der Waals surface area contributed by atoms with Crippen LogP contribution in [-0.4, -0.2) is 25.3 Å². The van der Waals surface area contributed by atoms with E-state index in [1.54, 1.807) is 12.1 Å². The summed E-state index contributed by atoms with van der Waals surface area (Å²) in [7, 11) is -3.44. The molecule has 7 heteroatoms. The Morgan fingerprint density at radius 1 is 1.28 bits per heavy atom. The average Bonchev–Trinajstić information content (AvgIpc) is 2.29. The van der Waals surface area contributed by atoms with Gasteiger partial charge in [-0.1, -0.05) is 22.6 Å². The highest BCUT2D eigenvalue weighted by molar-refractivity contribution is 14.1. The van der Waals surface area contributed by atoms with Crippen molar-refractivity contribution in [2.45, 2.75) is 18.2 Å². The molecular formula is C11H15IN2O3S. The number of carbonyl (C=O) groups is 1. The molecule has 5 nitrogen and oxygen atoms in total. The first-order chi connectivity index (χ1) is 8.45. The third-order valence-electron chi connectivity index (χ3n) is 2.09. The van der Waals surface area contributed by atoms with E-state index in [1.165, 1.54) is 19.1 Å². The van der Waals surface area contributed by atoms with Gasteiger partial charge in [0, 0.05) is 23.6 Å². The van der Waals surface area contributed by atoms with E-state index in [2.05, 4.69) is 32.6 Å². The quantitative estimate of drug-likeness (QED) is 0.447. The molecular weight excluding hydrogens is 367 g/mol. The summed E-state index contributed by atoms with van der Waals surface area (Å²) in [4.78, 5) is 11.0. The summed E-state index contributed by atoms with van der Waals surface area (Å²) in [6, 6.07) is 6.07. The summed E-state index contributed by atoms with van der Waals surface area (Å²) in [6.07, 6.45) is 0.795. The van der Waals surface area contributed by atoms with Crippen molar-refractivity contribution in [2.24, 2.45) is 0 Å². The molecule has 2 N–H and O–H groups in total. The van der Waals surface area contributed by atoms with Crippen LogP contribution in [0.5, 0.6) is 0 Å². The van der Waals surface area contributed by atoms with Gasteiger partial charge in [-0.15, -0.1) is 0 Å². The van der Waals surface area contributed by atoms with Crippen molar-refractivity contribution in [3.05, 3.63) is 24.3 Å². The van der Waals surface area contributed by atoms with Crippen LogP contribution in [-0.2, 0) is 14.8 Å². The molecule has 0 aliphatic rings. The smallest absolute Gasteiger partial charge is 0.240 e. The number of hydrogen-bond donors (Lipinski definition) is 2. The van der Waals surface area contributed by atoms with Gasteiger partial charge >= 0.3 is 0 Å². The van der Waals surface area contributed by atoms with Crippen LogP contribution in [0.25, 0.3) is 0 Å². The molecule has 0 fully saturated rings. The van der Waals surface area contributed by atoms with Crippen LogP contribution < -0.4 is 10.0 Å². The van der Waals surface area contributed by atoms with Gasteiger partial charge in [0.1, 0.15) is 0 Å². The standard InChI is InChI=1S/C11H15IN2O3S/c1-9(15)14-10-3-5-11(6-4-10)18(16,17)13-8-2-7-12/h3-6,13H,2,7-8H2,1H3,(H,14,15). The lowest BCUT2D eigenvalue weighted by Crippen LogP contribution is -2.25. The molecule has 0 radical (unpaired) electrons. The molecule has 0 saturated carbocycles. The number of sulfonamides is 1. The van der Waals surface area contributed by atoms with E-state index in [1.807, 2.05) is 0 Å². The molecule has 0 spiro atoms. The van der Waals surface area contributed by atoms with Gasteiger partial charge in [-0.3, -0.25) is 4.79 Å². The lowest BCUT2D eigenvalue weighted by Gasteiger charge is -2.07. The molecule has 18 heavy (non-hydrogen) atoms. The maximum absolute atomic E-state index is 11.8. The fourth-order valence-corrected chi connectivity index (χ4v) is 2.73. The molecule has 1 rings (SSSR count). The van der Waals surface area contributed by atoms with Crippen LogP contribution in [0.1, 0.15) is 13.3 Å². The molecule has 0 saturated heterocycles. The van der Waals surface area contributed by atoms with Crippen LogP contribution >= 0.6 is 22.6 Å². The predicted molar refractivity (Wildman–Crippen MR) is 79.4 cm³/mol. The Kier molecular flexibility index (Phi) is 6.03. The number of nitrogens with one attached hydrogen (secondary N) is 2. The maximum Gasteiger partial charge on any atom is 0.240 e. The first-order valence-electron chi connectivity index (χ1n) is 5.39. The zero-order valence-electron chi connectivity index (χ0n) is 9.94. The molecule has 100 valence electrons. The molecule has 1 aromatic carbocycles. The topological polar surface area (TPSA) is 75.3 Å². The Balaban J connectivity index is 2.74. The monoisotopic (exact) mass is 382 g/mol. The van der Waals surface area contributed by atoms with Crippen molar-refractivity contribution in [3.63, 3.8) is 0 Å². The fourth-order valence-electron chi connectivity index (χ4n) is 1.28. The van der Waals surface area contributed by atoms with E-state index in [0.717, 1.165) is 10.8 Å². The Morgan fingerprint density at radius 3 is 2.39 bits per heavy atom. The normalized spacial score (nSPS) is 11.2. The SMILES string of the molecule is CC(=O)Nc1ccc(S(=O)(=O)NCCCI)cc1. The second-order valence-corrected chi connectivity index (χ2v) is 6.49. The van der Waals surface area contributed by atoms with Gasteiger partial charge in [-0.2, -0.15) is 0 Å². The van der Waals surface area contributed by atoms with Crippen molar-refractivity contribution in [2.75, 3.05) is 16.3 Å². The summed E-state index contributed by atoms with van der Waals surface area (Å²) in [5, 5.41) is 2.58. The van der Waals surface area contributed by atoms with Gasteiger partial charge in [0.25, 0.3) is 0 Å². The van der Waals surface area contributed by atoms with E-state index in [-0.39, 0.29) is 10.8 Å². The zero-order valence-corrected chi connectivity index (χ0v) is 12.9. The van der Waals surface area contributed by atoms with Crippen molar-refractivity contribution in [3.8, 4) is 0 Å². The van der Waals surface area contributed by atoms with Gasteiger partial charge in [-0.25, -0.2) is 13.1 Å². The van der Waals surface area contributed by atoms with Crippen molar-refractivity contribution >= 4 is 44.2 Å². The van der Waals surface area contributed by atoms with E-state index in [0.29, 0.717) is 12.2 Å². The molecule has 0 heterocycles. The van der Waals surface area contributed by atoms with E-state index >= 15 is 0 Å². The first-order valence-corrected chi connectivity index (χ1v) is 8.40. The van der Waals surface area contributed by atoms with Gasteiger partial charge < -0.3 is 5.32 Å². The highest BCUT2D eigenvalue weighted by Gasteiger charge is 2.12. The number of anilines is 1. The lowest BCUT2D eigenvalue weighted by molar-refractivity contribution is -0.114. The minimum Gasteiger partial charge on any atom is -0.326 e. The Hall–Kier alpha value is -0.670. The number of rotatable bonds is 6. The second kappa shape index (κ2) is 7.05. The number of carbonyl (C=O) groups excluding carboxylic acids is 1. The van der Waals surface area contributed by atoms with Gasteiger partial charge in [0.2, 0.25) is 15.9 Å². The molecule has 0 aliphatic carbocycles. The summed E-state index contributed by atoms with van der Waals surface area (Å²) in [6.45, 7) is 1.83. The molecule has 0 atom stereocenters. The number of amides is 1. The number of benzene rings is 1. The Labute approximate surface area is 121 Å². The Bertz CT molecular complexity index is 500. The summed E-state index contributed by atoms with van der Waals surface area (Å²) in [5.74, 6) is -0.189. The van der Waals surface area contributed by atoms with Crippen molar-refractivity contribution in [1.29, 1.82) is 0 Å². The molecule has 0 aromatic heterocycles. The van der Waals surface area contributed by atoms with Crippen molar-refractivity contribution < 1.29 is 13.2 Å². The Morgan fingerprint density at radius 2 is 1.89 bits per heavy atom. The van der Waals surface area contributed by atoms with Gasteiger partial charge in [0.05, 0.1) is 4.90 Å². The molecule has 1 aromatic rings. The number of alkyl halides is 1. The molecule has 0 aliphatic heterocycles. The minimum absolute atomic E-state index is 0.189. The number of halogens is 1. The molecule has 0 bridgehead atoms. The highest BCUT2D eigenvalue weighted by atomic mass is 127. The van der Waals surface area contributed by atoms with Crippen LogP contribution in [0.2, 0.25) is 0 Å². The summed E-state index contributed by atoms with van der Waals surface area (Å²) in [5.41, 5.74) is 0.578. The van der Waals surface area contributed by atoms with Crippen molar-refractivity contribution in [1.82, 2.24) is 4.72 Å². The number of hydrogen-bond acceptors (Lipinski definition) is 3. The third-order valence-corrected chi connectivity index (χ3v) is 4.33. The minimum atomic E-state index is -3.44. The van der Waals surface area contributed by atoms with Crippen LogP contribution in [0.15, 0.2) is 29.2 Å². The largest absolute Gasteiger partial charge is 0.326 e. The van der Waals surface area contributed by atoms with Gasteiger partial charge in [0.15, 0.2) is 0 Å². The fraction of sp³-hybridized carbons (Fsp3) is 0.364. The maximum atomic E-state index is 11.8. The predicted octanol–water partition coefficient (Wildman–Crippen LogP) is 1.75.